The van der Waals surface area contributed by atoms with Gasteiger partial charge in [-0.15, -0.1) is 0 Å². The molecule has 1 heterocycles. The lowest BCUT2D eigenvalue weighted by molar-refractivity contribution is -0.119. The maximum Gasteiger partial charge on any atom is 0.262 e. The SMILES string of the molecule is CC(C)OCCCn1c(SCC(=O)NC(C)C2CC2)nc2ccccc2c1=O. The first-order chi connectivity index (χ1) is 13.5. The van der Waals surface area contributed by atoms with Crippen LogP contribution in [0.1, 0.15) is 40.0 Å². The van der Waals surface area contributed by atoms with Crippen LogP contribution < -0.4 is 10.9 Å². The molecule has 1 aromatic heterocycles. The largest absolute Gasteiger partial charge is 0.379 e. The number of para-hydroxylation sites is 1. The summed E-state index contributed by atoms with van der Waals surface area (Å²) in [6, 6.07) is 7.56. The molecule has 0 bridgehead atoms. The third kappa shape index (κ3) is 5.58. The Bertz CT molecular complexity index is 877. The molecule has 7 heteroatoms. The van der Waals surface area contributed by atoms with E-state index in [2.05, 4.69) is 17.2 Å². The zero-order valence-electron chi connectivity index (χ0n) is 16.8. The molecular weight excluding hydrogens is 374 g/mol. The molecule has 3 rings (SSSR count). The van der Waals surface area contributed by atoms with Crippen molar-refractivity contribution >= 4 is 28.6 Å². The van der Waals surface area contributed by atoms with Crippen molar-refractivity contribution < 1.29 is 9.53 Å². The van der Waals surface area contributed by atoms with E-state index in [0.717, 1.165) is 6.42 Å². The van der Waals surface area contributed by atoms with Crippen molar-refractivity contribution in [3.63, 3.8) is 0 Å². The number of fused-ring (bicyclic) bond motifs is 1. The Kier molecular flexibility index (Phi) is 7.13. The summed E-state index contributed by atoms with van der Waals surface area (Å²) in [5.41, 5.74) is 0.598. The Hall–Kier alpha value is -1.86. The first-order valence-electron chi connectivity index (χ1n) is 9.99. The molecule has 1 aromatic carbocycles. The fraction of sp³-hybridized carbons (Fsp3) is 0.571. The summed E-state index contributed by atoms with van der Waals surface area (Å²) in [7, 11) is 0. The molecule has 1 aliphatic carbocycles. The fourth-order valence-electron chi connectivity index (χ4n) is 3.14. The molecule has 1 saturated carbocycles. The van der Waals surface area contributed by atoms with Gasteiger partial charge in [0.25, 0.3) is 5.56 Å². The molecule has 28 heavy (non-hydrogen) atoms. The highest BCUT2D eigenvalue weighted by molar-refractivity contribution is 7.99. The molecule has 1 fully saturated rings. The van der Waals surface area contributed by atoms with Gasteiger partial charge in [-0.05, 0) is 58.1 Å². The van der Waals surface area contributed by atoms with Crippen LogP contribution in [0.3, 0.4) is 0 Å². The maximum absolute atomic E-state index is 13.0. The summed E-state index contributed by atoms with van der Waals surface area (Å²) in [5.74, 6) is 0.859. The van der Waals surface area contributed by atoms with Crippen molar-refractivity contribution in [2.24, 2.45) is 5.92 Å². The van der Waals surface area contributed by atoms with Gasteiger partial charge >= 0.3 is 0 Å². The Morgan fingerprint density at radius 3 is 2.79 bits per heavy atom. The molecule has 1 atom stereocenters. The lowest BCUT2D eigenvalue weighted by atomic mass is 10.2. The van der Waals surface area contributed by atoms with Gasteiger partial charge in [0.15, 0.2) is 5.16 Å². The van der Waals surface area contributed by atoms with E-state index in [1.807, 2.05) is 32.0 Å². The molecule has 6 nitrogen and oxygen atoms in total. The predicted octanol–water partition coefficient (Wildman–Crippen LogP) is 3.22. The van der Waals surface area contributed by atoms with Gasteiger partial charge in [0, 0.05) is 19.2 Å². The number of benzene rings is 1. The average molecular weight is 404 g/mol. The molecule has 0 spiro atoms. The number of hydrogen-bond donors (Lipinski definition) is 1. The molecular formula is C21H29N3O3S. The average Bonchev–Trinajstić information content (AvgIpc) is 3.50. The monoisotopic (exact) mass is 403 g/mol. The minimum Gasteiger partial charge on any atom is -0.379 e. The van der Waals surface area contributed by atoms with E-state index in [1.54, 1.807) is 10.6 Å². The third-order valence-corrected chi connectivity index (χ3v) is 5.83. The van der Waals surface area contributed by atoms with E-state index in [-0.39, 0.29) is 29.4 Å². The molecule has 0 saturated heterocycles. The quantitative estimate of drug-likeness (QED) is 0.375. The van der Waals surface area contributed by atoms with Gasteiger partial charge in [-0.1, -0.05) is 23.9 Å². The van der Waals surface area contributed by atoms with Crippen molar-refractivity contribution in [3.05, 3.63) is 34.6 Å². The van der Waals surface area contributed by atoms with Crippen LogP contribution in [-0.2, 0) is 16.1 Å². The summed E-state index contributed by atoms with van der Waals surface area (Å²) >= 11 is 1.32. The van der Waals surface area contributed by atoms with Gasteiger partial charge in [0.05, 0.1) is 22.8 Å². The molecule has 0 radical (unpaired) electrons. The van der Waals surface area contributed by atoms with Crippen LogP contribution in [0, 0.1) is 5.92 Å². The van der Waals surface area contributed by atoms with Crippen molar-refractivity contribution in [2.45, 2.75) is 63.9 Å². The van der Waals surface area contributed by atoms with E-state index in [1.165, 1.54) is 24.6 Å². The van der Waals surface area contributed by atoms with Crippen molar-refractivity contribution in [1.29, 1.82) is 0 Å². The van der Waals surface area contributed by atoms with Crippen LogP contribution >= 0.6 is 11.8 Å². The highest BCUT2D eigenvalue weighted by atomic mass is 32.2. The molecule has 152 valence electrons. The molecule has 2 aromatic rings. The van der Waals surface area contributed by atoms with E-state index >= 15 is 0 Å². The number of nitrogens with one attached hydrogen (secondary N) is 1. The standard InChI is InChI=1S/C21H29N3O3S/c1-14(2)27-12-6-11-24-20(26)17-7-4-5-8-18(17)23-21(24)28-13-19(25)22-15(3)16-9-10-16/h4-5,7-8,14-16H,6,9-13H2,1-3H3,(H,22,25). The van der Waals surface area contributed by atoms with Crippen molar-refractivity contribution in [1.82, 2.24) is 14.9 Å². The normalized spacial score (nSPS) is 15.1. The topological polar surface area (TPSA) is 73.2 Å². The second kappa shape index (κ2) is 9.56. The molecule has 1 unspecified atom stereocenters. The number of thioether (sulfide) groups is 1. The number of nitrogens with zero attached hydrogens (tertiary/aromatic N) is 2. The minimum absolute atomic E-state index is 0.0125. The first-order valence-corrected chi connectivity index (χ1v) is 11.0. The van der Waals surface area contributed by atoms with Crippen LogP contribution in [0.15, 0.2) is 34.2 Å². The Morgan fingerprint density at radius 1 is 1.32 bits per heavy atom. The zero-order valence-corrected chi connectivity index (χ0v) is 17.6. The van der Waals surface area contributed by atoms with Crippen molar-refractivity contribution in [3.8, 4) is 0 Å². The van der Waals surface area contributed by atoms with Gasteiger partial charge in [0.1, 0.15) is 0 Å². The van der Waals surface area contributed by atoms with Gasteiger partial charge < -0.3 is 10.1 Å². The fourth-order valence-corrected chi connectivity index (χ4v) is 3.97. The zero-order chi connectivity index (χ0) is 20.1. The van der Waals surface area contributed by atoms with Crippen LogP contribution in [0.5, 0.6) is 0 Å². The van der Waals surface area contributed by atoms with Crippen LogP contribution in [0.25, 0.3) is 10.9 Å². The predicted molar refractivity (Wildman–Crippen MR) is 113 cm³/mol. The summed E-state index contributed by atoms with van der Waals surface area (Å²) in [6.07, 6.45) is 3.27. The maximum atomic E-state index is 13.0. The summed E-state index contributed by atoms with van der Waals surface area (Å²) in [6.45, 7) is 7.14. The highest BCUT2D eigenvalue weighted by Crippen LogP contribution is 2.32. The van der Waals surface area contributed by atoms with Gasteiger partial charge in [-0.3, -0.25) is 14.2 Å². The van der Waals surface area contributed by atoms with Crippen LogP contribution in [0.4, 0.5) is 0 Å². The molecule has 1 amide bonds. The number of hydrogen-bond acceptors (Lipinski definition) is 5. The first kappa shape index (κ1) is 20.9. The summed E-state index contributed by atoms with van der Waals surface area (Å²) in [4.78, 5) is 29.9. The number of carbonyl (C=O) groups is 1. The second-order valence-corrected chi connectivity index (χ2v) is 8.57. The summed E-state index contributed by atoms with van der Waals surface area (Å²) < 4.78 is 7.27. The molecule has 1 aliphatic rings. The van der Waals surface area contributed by atoms with E-state index < -0.39 is 0 Å². The number of rotatable bonds is 10. The molecule has 1 N–H and O–H groups in total. The van der Waals surface area contributed by atoms with Gasteiger partial charge in [-0.25, -0.2) is 4.98 Å². The Morgan fingerprint density at radius 2 is 2.07 bits per heavy atom. The number of ether oxygens (including phenoxy) is 1. The number of amides is 1. The highest BCUT2D eigenvalue weighted by Gasteiger charge is 2.28. The lowest BCUT2D eigenvalue weighted by Gasteiger charge is -2.15. The summed E-state index contributed by atoms with van der Waals surface area (Å²) in [5, 5.41) is 4.24. The minimum atomic E-state index is -0.0654. The van der Waals surface area contributed by atoms with E-state index in [4.69, 9.17) is 4.74 Å². The second-order valence-electron chi connectivity index (χ2n) is 7.62. The Balaban J connectivity index is 1.73. The third-order valence-electron chi connectivity index (χ3n) is 4.85. The van der Waals surface area contributed by atoms with E-state index in [0.29, 0.717) is 35.1 Å². The van der Waals surface area contributed by atoms with Crippen LogP contribution in [0.2, 0.25) is 0 Å². The van der Waals surface area contributed by atoms with E-state index in [9.17, 15) is 9.59 Å². The van der Waals surface area contributed by atoms with Crippen LogP contribution in [-0.4, -0.2) is 40.0 Å². The smallest absolute Gasteiger partial charge is 0.262 e. The molecule has 0 aliphatic heterocycles. The lowest BCUT2D eigenvalue weighted by Crippen LogP contribution is -2.35. The van der Waals surface area contributed by atoms with Crippen molar-refractivity contribution in [2.75, 3.05) is 12.4 Å². The number of carbonyl (C=O) groups excluding carboxylic acids is 1. The van der Waals surface area contributed by atoms with Gasteiger partial charge in [-0.2, -0.15) is 0 Å². The van der Waals surface area contributed by atoms with Gasteiger partial charge in [0.2, 0.25) is 5.91 Å². The number of aromatic nitrogens is 2. The Labute approximate surface area is 170 Å².